The van der Waals surface area contributed by atoms with Gasteiger partial charge in [0.05, 0.1) is 4.92 Å². The van der Waals surface area contributed by atoms with Gasteiger partial charge in [-0.05, 0) is 107 Å². The van der Waals surface area contributed by atoms with Crippen molar-refractivity contribution < 1.29 is 4.92 Å². The second-order valence-electron chi connectivity index (χ2n) is 12.3. The summed E-state index contributed by atoms with van der Waals surface area (Å²) < 4.78 is 0. The second kappa shape index (κ2) is 14.8. The topological polar surface area (TPSA) is 49.6 Å². The molecule has 0 spiro atoms. The first-order valence-corrected chi connectivity index (χ1v) is 16.8. The van der Waals surface area contributed by atoms with Crippen molar-refractivity contribution in [2.24, 2.45) is 0 Å². The minimum Gasteiger partial charge on any atom is -0.345 e. The summed E-state index contributed by atoms with van der Waals surface area (Å²) in [5, 5.41) is 11.1. The molecule has 7 rings (SSSR count). The van der Waals surface area contributed by atoms with Crippen molar-refractivity contribution in [1.29, 1.82) is 0 Å². The predicted octanol–water partition coefficient (Wildman–Crippen LogP) is 11.8. The van der Waals surface area contributed by atoms with Gasteiger partial charge in [0.1, 0.15) is 0 Å². The van der Waals surface area contributed by atoms with Crippen LogP contribution in [0.3, 0.4) is 0 Å². The second-order valence-corrected chi connectivity index (χ2v) is 12.3. The van der Waals surface area contributed by atoms with Crippen LogP contribution in [0.15, 0.2) is 193 Å². The van der Waals surface area contributed by atoms with E-state index in [2.05, 4.69) is 157 Å². The summed E-state index contributed by atoms with van der Waals surface area (Å²) in [6.07, 6.45) is 10.9. The van der Waals surface area contributed by atoms with Crippen molar-refractivity contribution in [1.82, 2.24) is 0 Å². The minimum absolute atomic E-state index is 0.0823. The first-order valence-electron chi connectivity index (χ1n) is 16.8. The number of benzene rings is 6. The normalized spacial score (nSPS) is 12.4. The molecule has 244 valence electrons. The lowest BCUT2D eigenvalue weighted by Gasteiger charge is -2.27. The van der Waals surface area contributed by atoms with Gasteiger partial charge in [0.25, 0.3) is 5.69 Å². The van der Waals surface area contributed by atoms with Crippen LogP contribution in [0.1, 0.15) is 12.0 Å². The molecule has 0 saturated heterocycles. The van der Waals surface area contributed by atoms with Crippen LogP contribution in [-0.4, -0.2) is 12.0 Å². The Bertz CT molecular complexity index is 2170. The Morgan fingerprint density at radius 3 is 1.80 bits per heavy atom. The van der Waals surface area contributed by atoms with E-state index in [4.69, 9.17) is 0 Å². The average Bonchev–Trinajstić information content (AvgIpc) is 3.41. The molecule has 1 aliphatic rings. The largest absolute Gasteiger partial charge is 0.345 e. The number of non-ortho nitro benzene ring substituents is 1. The highest BCUT2D eigenvalue weighted by Gasteiger charge is 2.17. The predicted molar refractivity (Wildman–Crippen MR) is 207 cm³/mol. The highest BCUT2D eigenvalue weighted by atomic mass is 16.6. The lowest BCUT2D eigenvalue weighted by molar-refractivity contribution is -0.384. The van der Waals surface area contributed by atoms with Crippen LogP contribution in [0.5, 0.6) is 0 Å². The number of anilines is 4. The molecule has 0 unspecified atom stereocenters. The molecule has 6 aromatic rings. The summed E-state index contributed by atoms with van der Waals surface area (Å²) >= 11 is 0. The van der Waals surface area contributed by atoms with Crippen molar-refractivity contribution in [3.05, 3.63) is 209 Å². The van der Waals surface area contributed by atoms with E-state index in [0.717, 1.165) is 52.4 Å². The number of allylic oxidation sites excluding steroid dienone is 5. The minimum atomic E-state index is -0.380. The zero-order valence-electron chi connectivity index (χ0n) is 27.9. The van der Waals surface area contributed by atoms with Crippen LogP contribution in [0.4, 0.5) is 28.4 Å². The molecule has 0 atom stereocenters. The van der Waals surface area contributed by atoms with Crippen LogP contribution in [0.25, 0.3) is 22.3 Å². The number of nitrogens with zero attached hydrogens (tertiary/aromatic N) is 3. The summed E-state index contributed by atoms with van der Waals surface area (Å²) in [7, 11) is 1.96. The van der Waals surface area contributed by atoms with Gasteiger partial charge in [0.15, 0.2) is 0 Å². The molecule has 0 aromatic heterocycles. The average molecular weight is 652 g/mol. The molecule has 0 radical (unpaired) electrons. The lowest BCUT2D eigenvalue weighted by atomic mass is 10.0. The van der Waals surface area contributed by atoms with Gasteiger partial charge < -0.3 is 9.80 Å². The molecule has 0 saturated carbocycles. The van der Waals surface area contributed by atoms with E-state index >= 15 is 0 Å². The Hall–Kier alpha value is -6.46. The number of rotatable bonds is 10. The molecular weight excluding hydrogens is 615 g/mol. The zero-order chi connectivity index (χ0) is 34.3. The van der Waals surface area contributed by atoms with Crippen molar-refractivity contribution in [3.63, 3.8) is 0 Å². The molecule has 0 fully saturated rings. The fourth-order valence-corrected chi connectivity index (χ4v) is 6.33. The van der Waals surface area contributed by atoms with Gasteiger partial charge in [-0.3, -0.25) is 10.1 Å². The van der Waals surface area contributed by atoms with E-state index in [1.165, 1.54) is 34.4 Å². The summed E-state index contributed by atoms with van der Waals surface area (Å²) in [4.78, 5) is 15.1. The van der Waals surface area contributed by atoms with Gasteiger partial charge in [-0.25, -0.2) is 0 Å². The van der Waals surface area contributed by atoms with Gasteiger partial charge in [-0.1, -0.05) is 109 Å². The molecule has 50 heavy (non-hydrogen) atoms. The molecule has 0 amide bonds. The zero-order valence-corrected chi connectivity index (χ0v) is 27.9. The standard InChI is InChI=1S/C45H37N3O2/c1-46(41-27-29-43(30-28-41)48(49)50)40-23-19-37(20-24-40)38-21-25-42(26-22-38)47(45-18-10-16-39(33-45)36-14-6-3-7-15-36)44-17-9-8-13-35(32-44)31-34-11-4-2-5-12-34/h2-7,9-30,32-33H,8,31H2,1H3. The van der Waals surface area contributed by atoms with Crippen LogP contribution < -0.4 is 9.80 Å². The highest BCUT2D eigenvalue weighted by Crippen LogP contribution is 2.36. The Kier molecular flexibility index (Phi) is 9.47. The van der Waals surface area contributed by atoms with Gasteiger partial charge in [0, 0.05) is 47.6 Å². The Labute approximate surface area is 293 Å². The summed E-state index contributed by atoms with van der Waals surface area (Å²) in [5.41, 5.74) is 12.4. The Morgan fingerprint density at radius 1 is 0.600 bits per heavy atom. The monoisotopic (exact) mass is 651 g/mol. The smallest absolute Gasteiger partial charge is 0.269 e. The quantitative estimate of drug-likeness (QED) is 0.109. The van der Waals surface area contributed by atoms with Crippen molar-refractivity contribution in [3.8, 4) is 22.3 Å². The van der Waals surface area contributed by atoms with E-state index in [0.29, 0.717) is 0 Å². The van der Waals surface area contributed by atoms with Crippen LogP contribution in [0, 0.1) is 10.1 Å². The van der Waals surface area contributed by atoms with Gasteiger partial charge in [-0.2, -0.15) is 0 Å². The highest BCUT2D eigenvalue weighted by molar-refractivity contribution is 5.78. The third kappa shape index (κ3) is 7.33. The van der Waals surface area contributed by atoms with Gasteiger partial charge in [0.2, 0.25) is 0 Å². The molecule has 0 heterocycles. The first kappa shape index (κ1) is 32.1. The summed E-state index contributed by atoms with van der Waals surface area (Å²) in [6, 6.07) is 53.6. The van der Waals surface area contributed by atoms with E-state index in [1.54, 1.807) is 12.1 Å². The molecule has 5 nitrogen and oxygen atoms in total. The van der Waals surface area contributed by atoms with Gasteiger partial charge >= 0.3 is 0 Å². The number of nitro benzene ring substituents is 1. The van der Waals surface area contributed by atoms with E-state index in [9.17, 15) is 10.1 Å². The third-order valence-corrected chi connectivity index (χ3v) is 9.02. The Morgan fingerprint density at radius 2 is 1.16 bits per heavy atom. The van der Waals surface area contributed by atoms with Crippen molar-refractivity contribution in [2.45, 2.75) is 12.8 Å². The summed E-state index contributed by atoms with van der Waals surface area (Å²) in [5.74, 6) is 0. The van der Waals surface area contributed by atoms with Crippen LogP contribution in [0.2, 0.25) is 0 Å². The number of hydrogen-bond donors (Lipinski definition) is 0. The molecule has 1 aliphatic carbocycles. The molecular formula is C45H37N3O2. The molecule has 0 bridgehead atoms. The maximum atomic E-state index is 11.1. The van der Waals surface area contributed by atoms with E-state index < -0.39 is 0 Å². The fraction of sp³-hybridized carbons (Fsp3) is 0.0667. The van der Waals surface area contributed by atoms with Crippen LogP contribution in [-0.2, 0) is 6.42 Å². The molecule has 0 aliphatic heterocycles. The van der Waals surface area contributed by atoms with Crippen molar-refractivity contribution >= 4 is 28.4 Å². The summed E-state index contributed by atoms with van der Waals surface area (Å²) in [6.45, 7) is 0. The molecule has 5 heteroatoms. The number of nitro groups is 1. The fourth-order valence-electron chi connectivity index (χ4n) is 6.33. The van der Waals surface area contributed by atoms with E-state index in [1.807, 2.05) is 18.0 Å². The maximum Gasteiger partial charge on any atom is 0.269 e. The molecule has 0 N–H and O–H groups in total. The maximum absolute atomic E-state index is 11.1. The third-order valence-electron chi connectivity index (χ3n) is 9.02. The first-order chi connectivity index (χ1) is 24.5. The van der Waals surface area contributed by atoms with Crippen LogP contribution >= 0.6 is 0 Å². The van der Waals surface area contributed by atoms with Crippen molar-refractivity contribution in [2.75, 3.05) is 16.8 Å². The molecule has 6 aromatic carbocycles. The SMILES string of the molecule is CN(c1ccc(-c2ccc(N(C3=CC(Cc4ccccc4)=CCC=C3)c3cccc(-c4ccccc4)c3)cc2)cc1)c1ccc([N+](=O)[O-])cc1. The Balaban J connectivity index is 1.20. The van der Waals surface area contributed by atoms with E-state index in [-0.39, 0.29) is 10.6 Å². The van der Waals surface area contributed by atoms with Gasteiger partial charge in [-0.15, -0.1) is 0 Å². The number of hydrogen-bond acceptors (Lipinski definition) is 4. The lowest BCUT2D eigenvalue weighted by Crippen LogP contribution is -2.15.